The molecule has 0 unspecified atom stereocenters. The van der Waals surface area contributed by atoms with Crippen LogP contribution >= 0.6 is 11.6 Å². The Hall–Kier alpha value is -3.00. The Kier molecular flexibility index (Phi) is 5.19. The minimum Gasteiger partial charge on any atom is -0.346 e. The summed E-state index contributed by atoms with van der Waals surface area (Å²) in [6.45, 7) is 4.39. The van der Waals surface area contributed by atoms with Crippen LogP contribution in [0.2, 0.25) is 5.15 Å². The molecule has 1 aliphatic rings. The minimum atomic E-state index is -0.260. The van der Waals surface area contributed by atoms with Crippen LogP contribution in [-0.2, 0) is 24.2 Å². The van der Waals surface area contributed by atoms with E-state index in [1.54, 1.807) is 6.20 Å². The molecule has 0 radical (unpaired) electrons. The minimum absolute atomic E-state index is 0.0395. The summed E-state index contributed by atoms with van der Waals surface area (Å²) in [5, 5.41) is 7.81. The second-order valence-electron chi connectivity index (χ2n) is 7.23. The van der Waals surface area contributed by atoms with Gasteiger partial charge in [0.2, 0.25) is 5.91 Å². The molecule has 0 spiro atoms. The Bertz CT molecular complexity index is 1060. The van der Waals surface area contributed by atoms with Crippen LogP contribution in [0.4, 0.5) is 11.5 Å². The zero-order valence-electron chi connectivity index (χ0n) is 16.6. The van der Waals surface area contributed by atoms with Gasteiger partial charge in [0.05, 0.1) is 18.4 Å². The van der Waals surface area contributed by atoms with E-state index in [0.29, 0.717) is 23.8 Å². The van der Waals surface area contributed by atoms with Crippen molar-refractivity contribution in [3.63, 3.8) is 0 Å². The molecule has 8 nitrogen and oxygen atoms in total. The highest BCUT2D eigenvalue weighted by Crippen LogP contribution is 2.31. The molecule has 29 heavy (non-hydrogen) atoms. The topological polar surface area (TPSA) is 88.8 Å². The van der Waals surface area contributed by atoms with Gasteiger partial charge < -0.3 is 10.2 Å². The number of rotatable bonds is 5. The van der Waals surface area contributed by atoms with Gasteiger partial charge in [-0.2, -0.15) is 5.10 Å². The van der Waals surface area contributed by atoms with E-state index < -0.39 is 0 Å². The molecule has 4 rings (SSSR count). The lowest BCUT2D eigenvalue weighted by molar-refractivity contribution is -0.117. The largest absolute Gasteiger partial charge is 0.346 e. The number of aromatic nitrogens is 5. The molecule has 3 aromatic rings. The predicted octanol–water partition coefficient (Wildman–Crippen LogP) is 2.64. The molecule has 0 aromatic carbocycles. The number of halogens is 1. The quantitative estimate of drug-likeness (QED) is 0.649. The molecule has 0 bridgehead atoms. The average molecular weight is 412 g/mol. The molecule has 1 atom stereocenters. The first-order valence-corrected chi connectivity index (χ1v) is 9.81. The molecule has 3 aromatic heterocycles. The van der Waals surface area contributed by atoms with Gasteiger partial charge in [0.25, 0.3) is 0 Å². The Balaban J connectivity index is 1.45. The highest BCUT2D eigenvalue weighted by atomic mass is 35.5. The summed E-state index contributed by atoms with van der Waals surface area (Å²) < 4.78 is 1.88. The van der Waals surface area contributed by atoms with Gasteiger partial charge in [-0.25, -0.2) is 15.0 Å². The van der Waals surface area contributed by atoms with Gasteiger partial charge >= 0.3 is 0 Å². The highest BCUT2D eigenvalue weighted by Gasteiger charge is 2.30. The third-order valence-electron chi connectivity index (χ3n) is 5.12. The summed E-state index contributed by atoms with van der Waals surface area (Å²) in [6.07, 6.45) is 7.05. The molecular weight excluding hydrogens is 390 g/mol. The van der Waals surface area contributed by atoms with Crippen molar-refractivity contribution >= 4 is 29.0 Å². The van der Waals surface area contributed by atoms with Crippen molar-refractivity contribution in [1.82, 2.24) is 24.7 Å². The van der Waals surface area contributed by atoms with Gasteiger partial charge in [0, 0.05) is 25.9 Å². The van der Waals surface area contributed by atoms with Crippen LogP contribution in [0, 0.1) is 6.92 Å². The molecule has 9 heteroatoms. The summed E-state index contributed by atoms with van der Waals surface area (Å²) in [7, 11) is 1.88. The zero-order valence-corrected chi connectivity index (χ0v) is 17.3. The summed E-state index contributed by atoms with van der Waals surface area (Å²) >= 11 is 5.94. The number of hydrogen-bond donors (Lipinski definition) is 1. The number of nitrogens with one attached hydrogen (secondary N) is 1. The van der Waals surface area contributed by atoms with E-state index >= 15 is 0 Å². The van der Waals surface area contributed by atoms with Crippen LogP contribution in [0.1, 0.15) is 29.6 Å². The first kappa shape index (κ1) is 19.3. The van der Waals surface area contributed by atoms with E-state index in [2.05, 4.69) is 20.4 Å². The number of nitrogens with zero attached hydrogens (tertiary/aromatic N) is 6. The number of carbonyl (C=O) groups excluding carboxylic acids is 1. The van der Waals surface area contributed by atoms with E-state index in [4.69, 9.17) is 16.6 Å². The number of likely N-dealkylation sites (N-methyl/N-ethyl adjacent to an activating group) is 1. The van der Waals surface area contributed by atoms with E-state index in [0.717, 1.165) is 34.9 Å². The Morgan fingerprint density at radius 3 is 2.86 bits per heavy atom. The smallest absolute Gasteiger partial charge is 0.246 e. The highest BCUT2D eigenvalue weighted by molar-refractivity contribution is 6.29. The predicted molar refractivity (Wildman–Crippen MR) is 111 cm³/mol. The lowest BCUT2D eigenvalue weighted by Crippen LogP contribution is -2.45. The number of hydrogen-bond acceptors (Lipinski definition) is 6. The van der Waals surface area contributed by atoms with E-state index in [1.807, 2.05) is 55.0 Å². The summed E-state index contributed by atoms with van der Waals surface area (Å²) in [4.78, 5) is 27.2. The molecular formula is C20H22ClN7O. The molecule has 0 saturated carbocycles. The molecule has 4 heterocycles. The zero-order chi connectivity index (χ0) is 20.5. The van der Waals surface area contributed by atoms with Gasteiger partial charge in [0.1, 0.15) is 22.7 Å². The van der Waals surface area contributed by atoms with Crippen molar-refractivity contribution in [2.45, 2.75) is 39.3 Å². The van der Waals surface area contributed by atoms with Crippen molar-refractivity contribution in [3.8, 4) is 0 Å². The van der Waals surface area contributed by atoms with Crippen LogP contribution in [0.25, 0.3) is 0 Å². The molecule has 150 valence electrons. The van der Waals surface area contributed by atoms with Gasteiger partial charge in [0.15, 0.2) is 5.82 Å². The first-order valence-electron chi connectivity index (χ1n) is 9.43. The second-order valence-corrected chi connectivity index (χ2v) is 7.62. The lowest BCUT2D eigenvalue weighted by atomic mass is 10.1. The number of amides is 1. The molecule has 0 fully saturated rings. The van der Waals surface area contributed by atoms with Gasteiger partial charge in [-0.15, -0.1) is 0 Å². The fourth-order valence-corrected chi connectivity index (χ4v) is 3.52. The maximum atomic E-state index is 12.0. The van der Waals surface area contributed by atoms with Crippen molar-refractivity contribution in [1.29, 1.82) is 0 Å². The number of aryl methyl sites for hydroxylation is 3. The Labute approximate surface area is 173 Å². The van der Waals surface area contributed by atoms with Crippen LogP contribution < -0.4 is 10.2 Å². The van der Waals surface area contributed by atoms with E-state index in [9.17, 15) is 4.79 Å². The van der Waals surface area contributed by atoms with E-state index in [1.165, 1.54) is 0 Å². The van der Waals surface area contributed by atoms with Gasteiger partial charge in [-0.1, -0.05) is 11.6 Å². The number of anilines is 2. The number of pyridine rings is 1. The third-order valence-corrected chi connectivity index (χ3v) is 5.33. The maximum absolute atomic E-state index is 12.0. The van der Waals surface area contributed by atoms with Crippen LogP contribution in [-0.4, -0.2) is 43.7 Å². The summed E-state index contributed by atoms with van der Waals surface area (Å²) in [5.41, 5.74) is 3.64. The molecule has 1 N–H and O–H groups in total. The molecule has 0 saturated heterocycles. The molecule has 1 aliphatic heterocycles. The monoisotopic (exact) mass is 411 g/mol. The van der Waals surface area contributed by atoms with Gasteiger partial charge in [-0.3, -0.25) is 9.48 Å². The maximum Gasteiger partial charge on any atom is 0.246 e. The Morgan fingerprint density at radius 2 is 2.07 bits per heavy atom. The summed E-state index contributed by atoms with van der Waals surface area (Å²) in [6, 6.07) is 3.50. The lowest BCUT2D eigenvalue weighted by Gasteiger charge is -2.32. The second kappa shape index (κ2) is 7.79. The fraction of sp³-hybridized carbons (Fsp3) is 0.350. The standard InChI is InChI=1S/C20H22ClN7O/c1-12-18-19(27(3)13(2)20(29)26-18)25-17(24-12)5-4-15-9-23-28(11-15)10-14-6-7-22-16(21)8-14/h6-9,11,13H,4-5,10H2,1-3H3,(H,26,29)/t13-/m0/s1. The molecule has 1 amide bonds. The van der Waals surface area contributed by atoms with Crippen molar-refractivity contribution in [3.05, 3.63) is 58.5 Å². The number of carbonyl (C=O) groups is 1. The number of fused-ring (bicyclic) bond motifs is 1. The average Bonchev–Trinajstić information content (AvgIpc) is 3.13. The van der Waals surface area contributed by atoms with Gasteiger partial charge in [-0.05, 0) is 43.5 Å². The first-order chi connectivity index (χ1) is 13.9. The van der Waals surface area contributed by atoms with E-state index in [-0.39, 0.29) is 11.9 Å². The Morgan fingerprint density at radius 1 is 1.24 bits per heavy atom. The van der Waals surface area contributed by atoms with Crippen molar-refractivity contribution in [2.24, 2.45) is 0 Å². The van der Waals surface area contributed by atoms with Crippen LogP contribution in [0.3, 0.4) is 0 Å². The summed E-state index contributed by atoms with van der Waals surface area (Å²) in [5.74, 6) is 1.48. The third kappa shape index (κ3) is 4.07. The van der Waals surface area contributed by atoms with Crippen LogP contribution in [0.15, 0.2) is 30.7 Å². The normalized spacial score (nSPS) is 15.9. The van der Waals surface area contributed by atoms with Crippen molar-refractivity contribution in [2.75, 3.05) is 17.3 Å². The fourth-order valence-electron chi connectivity index (χ4n) is 3.32. The van der Waals surface area contributed by atoms with Crippen LogP contribution in [0.5, 0.6) is 0 Å². The molecule has 0 aliphatic carbocycles. The van der Waals surface area contributed by atoms with Crippen molar-refractivity contribution < 1.29 is 4.79 Å². The SMILES string of the molecule is Cc1nc(CCc2cnn(Cc3ccnc(Cl)c3)c2)nc2c1NC(=O)[C@H](C)N2C.